The molecular formula is C22H29IN6OS. The van der Waals surface area contributed by atoms with Gasteiger partial charge in [0.15, 0.2) is 5.96 Å². The zero-order valence-electron chi connectivity index (χ0n) is 17.8. The molecule has 7 nitrogen and oxygen atoms in total. The summed E-state index contributed by atoms with van der Waals surface area (Å²) in [4.78, 5) is 20.5. The molecule has 0 fully saturated rings. The van der Waals surface area contributed by atoms with E-state index < -0.39 is 0 Å². The van der Waals surface area contributed by atoms with Crippen molar-refractivity contribution in [2.45, 2.75) is 26.4 Å². The fraction of sp³-hybridized carbons (Fsp3) is 0.318. The van der Waals surface area contributed by atoms with Crippen LogP contribution in [0.2, 0.25) is 0 Å². The highest BCUT2D eigenvalue weighted by molar-refractivity contribution is 14.0. The van der Waals surface area contributed by atoms with Crippen molar-refractivity contribution in [2.24, 2.45) is 4.99 Å². The zero-order chi connectivity index (χ0) is 21.2. The van der Waals surface area contributed by atoms with Crippen molar-refractivity contribution in [3.05, 3.63) is 70.7 Å². The van der Waals surface area contributed by atoms with Crippen LogP contribution in [0.4, 0.5) is 5.69 Å². The highest BCUT2D eigenvalue weighted by Gasteiger charge is 2.07. The summed E-state index contributed by atoms with van der Waals surface area (Å²) in [6.45, 7) is 4.50. The molecule has 2 heterocycles. The molecule has 2 aromatic heterocycles. The Labute approximate surface area is 204 Å². The Morgan fingerprint density at radius 2 is 2.13 bits per heavy atom. The van der Waals surface area contributed by atoms with E-state index in [2.05, 4.69) is 52.1 Å². The van der Waals surface area contributed by atoms with Gasteiger partial charge in [-0.1, -0.05) is 18.2 Å². The van der Waals surface area contributed by atoms with Crippen molar-refractivity contribution >= 4 is 52.9 Å². The van der Waals surface area contributed by atoms with E-state index in [0.717, 1.165) is 36.7 Å². The number of rotatable bonds is 9. The number of nitrogens with zero attached hydrogens (tertiary/aromatic N) is 4. The molecule has 1 amide bonds. The lowest BCUT2D eigenvalue weighted by atomic mass is 10.2. The van der Waals surface area contributed by atoms with Crippen molar-refractivity contribution in [1.82, 2.24) is 20.0 Å². The molecule has 2 N–H and O–H groups in total. The predicted molar refractivity (Wildman–Crippen MR) is 138 cm³/mol. The summed E-state index contributed by atoms with van der Waals surface area (Å²) in [5.41, 5.74) is 1.80. The fourth-order valence-electron chi connectivity index (χ4n) is 2.96. The first-order valence-corrected chi connectivity index (χ1v) is 10.9. The molecule has 31 heavy (non-hydrogen) atoms. The van der Waals surface area contributed by atoms with Gasteiger partial charge in [-0.15, -0.1) is 35.3 Å². The van der Waals surface area contributed by atoms with Gasteiger partial charge in [0.25, 0.3) is 0 Å². The maximum absolute atomic E-state index is 12.2. The molecule has 0 saturated carbocycles. The van der Waals surface area contributed by atoms with Crippen LogP contribution >= 0.6 is 35.3 Å². The molecule has 3 aromatic rings. The molecule has 0 aliphatic rings. The summed E-state index contributed by atoms with van der Waals surface area (Å²) in [5.74, 6) is 0.767. The number of nitrogens with one attached hydrogen (secondary N) is 2. The van der Waals surface area contributed by atoms with Gasteiger partial charge < -0.3 is 15.5 Å². The van der Waals surface area contributed by atoms with Crippen LogP contribution in [0.1, 0.15) is 17.4 Å². The topological polar surface area (TPSA) is 74.5 Å². The number of thiophene rings is 1. The van der Waals surface area contributed by atoms with Crippen LogP contribution in [0.15, 0.2) is 65.2 Å². The van der Waals surface area contributed by atoms with Crippen molar-refractivity contribution in [3.63, 3.8) is 0 Å². The lowest BCUT2D eigenvalue weighted by Gasteiger charge is -2.21. The molecule has 0 spiro atoms. The average molecular weight is 552 g/mol. The second kappa shape index (κ2) is 13.1. The van der Waals surface area contributed by atoms with Crippen LogP contribution in [0.25, 0.3) is 0 Å². The summed E-state index contributed by atoms with van der Waals surface area (Å²) >= 11 is 1.78. The largest absolute Gasteiger partial charge is 0.357 e. The Hall–Kier alpha value is -2.40. The predicted octanol–water partition coefficient (Wildman–Crippen LogP) is 3.84. The number of likely N-dealkylation sites (N-methyl/N-ethyl adjacent to an activating group) is 1. The molecule has 0 unspecified atom stereocenters. The highest BCUT2D eigenvalue weighted by atomic mass is 127. The molecule has 0 radical (unpaired) electrons. The van der Waals surface area contributed by atoms with E-state index in [0.29, 0.717) is 6.54 Å². The average Bonchev–Trinajstić information content (AvgIpc) is 3.43. The van der Waals surface area contributed by atoms with Gasteiger partial charge in [-0.3, -0.25) is 9.48 Å². The summed E-state index contributed by atoms with van der Waals surface area (Å²) in [5, 5.41) is 12.4. The van der Waals surface area contributed by atoms with Gasteiger partial charge in [0, 0.05) is 43.1 Å². The van der Waals surface area contributed by atoms with Crippen LogP contribution in [0, 0.1) is 0 Å². The van der Waals surface area contributed by atoms with Gasteiger partial charge in [0.1, 0.15) is 6.54 Å². The Morgan fingerprint density at radius 3 is 2.84 bits per heavy atom. The van der Waals surface area contributed by atoms with Crippen LogP contribution in [0.3, 0.4) is 0 Å². The molecule has 0 saturated heterocycles. The summed E-state index contributed by atoms with van der Waals surface area (Å²) in [6, 6.07) is 13.8. The van der Waals surface area contributed by atoms with Gasteiger partial charge >= 0.3 is 0 Å². The molecule has 166 valence electrons. The normalized spacial score (nSPS) is 11.0. The van der Waals surface area contributed by atoms with Crippen molar-refractivity contribution in [2.75, 3.05) is 25.5 Å². The van der Waals surface area contributed by atoms with Crippen molar-refractivity contribution in [1.29, 1.82) is 0 Å². The molecule has 0 aliphatic carbocycles. The summed E-state index contributed by atoms with van der Waals surface area (Å²) in [7, 11) is 2.06. The van der Waals surface area contributed by atoms with Gasteiger partial charge in [0.05, 0.1) is 6.54 Å². The SMILES string of the molecule is CCNC(=NCc1cccc(NC(=O)Cn2cccn2)c1)N(C)CCc1cccs1.I. The molecule has 3 rings (SSSR count). The first kappa shape index (κ1) is 24.9. The fourth-order valence-corrected chi connectivity index (χ4v) is 3.66. The minimum Gasteiger partial charge on any atom is -0.357 e. The van der Waals surface area contributed by atoms with Crippen LogP contribution in [0.5, 0.6) is 0 Å². The van der Waals surface area contributed by atoms with E-state index in [1.54, 1.807) is 34.5 Å². The zero-order valence-corrected chi connectivity index (χ0v) is 21.0. The first-order valence-electron chi connectivity index (χ1n) is 10.0. The first-order chi connectivity index (χ1) is 14.6. The van der Waals surface area contributed by atoms with E-state index in [9.17, 15) is 4.79 Å². The molecular weight excluding hydrogens is 523 g/mol. The monoisotopic (exact) mass is 552 g/mol. The quantitative estimate of drug-likeness (QED) is 0.241. The standard InChI is InChI=1S/C22H28N6OS.HI/c1-3-23-22(27(2)13-10-20-9-5-14-30-20)24-16-18-7-4-8-19(15-18)26-21(29)17-28-12-6-11-25-28;/h4-9,11-12,14-15H,3,10,13,16-17H2,1-2H3,(H,23,24)(H,26,29);1H. The number of anilines is 1. The Morgan fingerprint density at radius 1 is 1.26 bits per heavy atom. The highest BCUT2D eigenvalue weighted by Crippen LogP contribution is 2.13. The number of aromatic nitrogens is 2. The lowest BCUT2D eigenvalue weighted by molar-refractivity contribution is -0.116. The second-order valence-electron chi connectivity index (χ2n) is 6.87. The van der Waals surface area contributed by atoms with Gasteiger partial charge in [-0.2, -0.15) is 5.10 Å². The number of amides is 1. The molecule has 0 aliphatic heterocycles. The number of aliphatic imine (C=N–C) groups is 1. The van der Waals surface area contributed by atoms with Crippen LogP contribution < -0.4 is 10.6 Å². The van der Waals surface area contributed by atoms with Crippen molar-refractivity contribution in [3.8, 4) is 0 Å². The van der Waals surface area contributed by atoms with Crippen molar-refractivity contribution < 1.29 is 4.79 Å². The number of carbonyl (C=O) groups excluding carboxylic acids is 1. The summed E-state index contributed by atoms with van der Waals surface area (Å²) in [6.07, 6.45) is 4.42. The second-order valence-corrected chi connectivity index (χ2v) is 7.91. The third kappa shape index (κ3) is 8.33. The molecule has 9 heteroatoms. The Bertz CT molecular complexity index is 943. The summed E-state index contributed by atoms with van der Waals surface area (Å²) < 4.78 is 1.60. The smallest absolute Gasteiger partial charge is 0.246 e. The number of guanidine groups is 1. The van der Waals surface area contributed by atoms with Crippen LogP contribution in [-0.4, -0.2) is 46.7 Å². The maximum atomic E-state index is 12.2. The molecule has 1 aromatic carbocycles. The van der Waals surface area contributed by atoms with E-state index in [4.69, 9.17) is 4.99 Å². The van der Waals surface area contributed by atoms with Gasteiger partial charge in [0.2, 0.25) is 5.91 Å². The van der Waals surface area contributed by atoms with Crippen LogP contribution in [-0.2, 0) is 24.3 Å². The van der Waals surface area contributed by atoms with E-state index in [1.165, 1.54) is 4.88 Å². The molecule has 0 bridgehead atoms. The molecule has 0 atom stereocenters. The van der Waals surface area contributed by atoms with E-state index in [1.807, 2.05) is 24.3 Å². The lowest BCUT2D eigenvalue weighted by Crippen LogP contribution is -2.39. The Kier molecular flexibility index (Phi) is 10.5. The third-order valence-electron chi connectivity index (χ3n) is 4.46. The van der Waals surface area contributed by atoms with Gasteiger partial charge in [-0.05, 0) is 48.6 Å². The minimum absolute atomic E-state index is 0. The van der Waals surface area contributed by atoms with Gasteiger partial charge in [-0.25, -0.2) is 4.99 Å². The minimum atomic E-state index is -0.110. The number of carbonyl (C=O) groups is 1. The van der Waals surface area contributed by atoms with E-state index in [-0.39, 0.29) is 36.4 Å². The third-order valence-corrected chi connectivity index (χ3v) is 5.39. The number of hydrogen-bond acceptors (Lipinski definition) is 4. The maximum Gasteiger partial charge on any atom is 0.246 e. The Balaban J connectivity index is 0.00000341. The number of halogens is 1. The van der Waals surface area contributed by atoms with E-state index >= 15 is 0 Å². The number of hydrogen-bond donors (Lipinski definition) is 2. The number of benzene rings is 1.